The predicted molar refractivity (Wildman–Crippen MR) is 141 cm³/mol. The Hall–Kier alpha value is -3.10. The average Bonchev–Trinajstić information content (AvgIpc) is 3.24. The molecule has 1 aromatic carbocycles. The highest BCUT2D eigenvalue weighted by atomic mass is 32.1. The molecule has 7 nitrogen and oxygen atoms in total. The Labute approximate surface area is 201 Å². The molecular weight excluding hydrogens is 436 g/mol. The number of amidine groups is 1. The number of ether oxygens (including phenoxy) is 1. The second-order valence-corrected chi connectivity index (χ2v) is 7.91. The second-order valence-electron chi connectivity index (χ2n) is 7.68. The topological polar surface area (TPSA) is 82.2 Å². The van der Waals surface area contributed by atoms with Gasteiger partial charge in [-0.05, 0) is 57.5 Å². The molecule has 0 unspecified atom stereocenters. The van der Waals surface area contributed by atoms with Crippen LogP contribution in [0.15, 0.2) is 65.1 Å². The molecule has 0 amide bonds. The van der Waals surface area contributed by atoms with Gasteiger partial charge in [0.25, 0.3) is 0 Å². The fourth-order valence-electron chi connectivity index (χ4n) is 3.51. The van der Waals surface area contributed by atoms with Crippen molar-refractivity contribution >= 4 is 40.1 Å². The van der Waals surface area contributed by atoms with Crippen molar-refractivity contribution in [3.8, 4) is 5.75 Å². The summed E-state index contributed by atoms with van der Waals surface area (Å²) in [6.07, 6.45) is 5.81. The molecule has 0 aliphatic heterocycles. The van der Waals surface area contributed by atoms with Gasteiger partial charge in [-0.15, -0.1) is 0 Å². The van der Waals surface area contributed by atoms with Crippen molar-refractivity contribution in [1.82, 2.24) is 9.99 Å². The van der Waals surface area contributed by atoms with Crippen LogP contribution in [0.5, 0.6) is 5.75 Å². The molecule has 0 saturated carbocycles. The first kappa shape index (κ1) is 26.2. The first-order valence-corrected chi connectivity index (χ1v) is 11.4. The van der Waals surface area contributed by atoms with Crippen molar-refractivity contribution in [3.63, 3.8) is 0 Å². The first-order chi connectivity index (χ1) is 15.8. The molecule has 178 valence electrons. The molecule has 0 atom stereocenters. The van der Waals surface area contributed by atoms with E-state index in [2.05, 4.69) is 35.5 Å². The van der Waals surface area contributed by atoms with Gasteiger partial charge in [-0.25, -0.2) is 0 Å². The lowest BCUT2D eigenvalue weighted by Gasteiger charge is -2.25. The fraction of sp³-hybridized carbons (Fsp3) is 0.360. The minimum atomic E-state index is -0.316. The smallest absolute Gasteiger partial charge is 0.164 e. The van der Waals surface area contributed by atoms with E-state index in [1.165, 1.54) is 11.6 Å². The quantitative estimate of drug-likeness (QED) is 0.104. The number of anilines is 1. The molecule has 2 aromatic rings. The van der Waals surface area contributed by atoms with Gasteiger partial charge in [0.05, 0.1) is 35.5 Å². The summed E-state index contributed by atoms with van der Waals surface area (Å²) in [7, 11) is 1.86. The van der Waals surface area contributed by atoms with Crippen LogP contribution in [-0.4, -0.2) is 46.4 Å². The van der Waals surface area contributed by atoms with E-state index < -0.39 is 0 Å². The molecule has 0 fully saturated rings. The number of aliphatic hydroxyl groups excluding tert-OH is 2. The summed E-state index contributed by atoms with van der Waals surface area (Å²) in [4.78, 5) is 1.87. The van der Waals surface area contributed by atoms with Crippen LogP contribution in [0.25, 0.3) is 10.9 Å². The van der Waals surface area contributed by atoms with E-state index in [1.807, 2.05) is 50.2 Å². The van der Waals surface area contributed by atoms with Crippen molar-refractivity contribution < 1.29 is 14.9 Å². The average molecular weight is 471 g/mol. The van der Waals surface area contributed by atoms with E-state index in [0.717, 1.165) is 27.9 Å². The number of aromatic nitrogens is 1. The minimum absolute atomic E-state index is 0.106. The molecule has 0 radical (unpaired) electrons. The molecule has 8 heteroatoms. The molecule has 0 saturated heterocycles. The monoisotopic (exact) mass is 470 g/mol. The molecule has 1 aromatic heterocycles. The number of nitrogens with zero attached hydrogens (tertiary/aromatic N) is 3. The summed E-state index contributed by atoms with van der Waals surface area (Å²) >= 11 is 4.91. The highest BCUT2D eigenvalue weighted by Crippen LogP contribution is 2.37. The lowest BCUT2D eigenvalue weighted by molar-refractivity contribution is 0.332. The number of hydrogen-bond acceptors (Lipinski definition) is 5. The van der Waals surface area contributed by atoms with Gasteiger partial charge in [-0.3, -0.25) is 5.43 Å². The van der Waals surface area contributed by atoms with Gasteiger partial charge in [-0.1, -0.05) is 31.3 Å². The van der Waals surface area contributed by atoms with Crippen LogP contribution in [0, 0.1) is 0 Å². The Bertz CT molecular complexity index is 1080. The molecule has 0 bridgehead atoms. The SMILES string of the molecule is C=C(/C=C(C(=N/NC=S)/N(C)c1ccc(OCC)c2c1ccn2C(C)C)\C(O)=C/CO)CC. The maximum atomic E-state index is 10.7. The maximum absolute atomic E-state index is 10.7. The second kappa shape index (κ2) is 12.2. The van der Waals surface area contributed by atoms with Crippen LogP contribution in [0.3, 0.4) is 0 Å². The summed E-state index contributed by atoms with van der Waals surface area (Å²) in [5, 5.41) is 25.5. The van der Waals surface area contributed by atoms with Gasteiger partial charge >= 0.3 is 0 Å². The fourth-order valence-corrected chi connectivity index (χ4v) is 3.56. The molecule has 33 heavy (non-hydrogen) atoms. The number of likely N-dealkylation sites (N-methyl/N-ethyl adjacent to an activating group) is 1. The molecular formula is C25H34N4O3S. The zero-order valence-electron chi connectivity index (χ0n) is 20.0. The number of allylic oxidation sites excluding steroid dienone is 2. The number of hydrazone groups is 1. The van der Waals surface area contributed by atoms with E-state index in [1.54, 1.807) is 6.08 Å². The van der Waals surface area contributed by atoms with Gasteiger partial charge in [0, 0.05) is 24.7 Å². The zero-order valence-corrected chi connectivity index (χ0v) is 20.8. The normalized spacial score (nSPS) is 12.9. The Kier molecular flexibility index (Phi) is 9.69. The molecule has 1 heterocycles. The Morgan fingerprint density at radius 2 is 2.06 bits per heavy atom. The highest BCUT2D eigenvalue weighted by Gasteiger charge is 2.22. The molecule has 0 spiro atoms. The van der Waals surface area contributed by atoms with Crippen LogP contribution in [0.2, 0.25) is 0 Å². The third-order valence-electron chi connectivity index (χ3n) is 5.18. The largest absolute Gasteiger partial charge is 0.507 e. The number of rotatable bonds is 11. The maximum Gasteiger partial charge on any atom is 0.164 e. The number of nitrogens with one attached hydrogen (secondary N) is 1. The van der Waals surface area contributed by atoms with Gasteiger partial charge in [0.15, 0.2) is 5.84 Å². The third-order valence-corrected chi connectivity index (χ3v) is 5.28. The highest BCUT2D eigenvalue weighted by molar-refractivity contribution is 7.78. The number of hydrogen-bond donors (Lipinski definition) is 3. The van der Waals surface area contributed by atoms with Gasteiger partial charge < -0.3 is 24.4 Å². The summed E-state index contributed by atoms with van der Waals surface area (Å²) < 4.78 is 8.08. The van der Waals surface area contributed by atoms with E-state index in [0.29, 0.717) is 24.4 Å². The summed E-state index contributed by atoms with van der Waals surface area (Å²) in [6.45, 7) is 12.5. The lowest BCUT2D eigenvalue weighted by atomic mass is 10.1. The molecule has 2 rings (SSSR count). The molecule has 0 aliphatic rings. The van der Waals surface area contributed by atoms with Crippen molar-refractivity contribution in [2.24, 2.45) is 5.10 Å². The van der Waals surface area contributed by atoms with Crippen molar-refractivity contribution in [1.29, 1.82) is 0 Å². The van der Waals surface area contributed by atoms with E-state index >= 15 is 0 Å². The summed E-state index contributed by atoms with van der Waals surface area (Å²) in [5.41, 5.74) is 7.05. The van der Waals surface area contributed by atoms with E-state index in [-0.39, 0.29) is 18.4 Å². The van der Waals surface area contributed by atoms with Crippen LogP contribution < -0.4 is 15.1 Å². The van der Waals surface area contributed by atoms with Crippen molar-refractivity contribution in [3.05, 3.63) is 60.0 Å². The van der Waals surface area contributed by atoms with Gasteiger partial charge in [-0.2, -0.15) is 5.10 Å². The number of thiocarbonyl (C=S) groups is 1. The van der Waals surface area contributed by atoms with Crippen LogP contribution in [-0.2, 0) is 0 Å². The van der Waals surface area contributed by atoms with Crippen LogP contribution >= 0.6 is 12.2 Å². The van der Waals surface area contributed by atoms with E-state index in [9.17, 15) is 10.2 Å². The van der Waals surface area contributed by atoms with Gasteiger partial charge in [0.2, 0.25) is 0 Å². The van der Waals surface area contributed by atoms with Gasteiger partial charge in [0.1, 0.15) is 11.5 Å². The molecule has 3 N–H and O–H groups in total. The standard InChI is InChI=1S/C25H34N4O3S/c1-7-18(5)15-20(22(31)12-14-30)25(27-26-16-33)28(6)21-9-10-23(32-8-2)24-19(21)11-13-29(24)17(3)4/h9-13,15-17,30-31H,5,7-8,14H2,1-4,6H3,(H,26,33)/b20-15+,22-12+,27-25-. The zero-order chi connectivity index (χ0) is 24.5. The first-order valence-electron chi connectivity index (χ1n) is 11.0. The Morgan fingerprint density at radius 1 is 1.33 bits per heavy atom. The third kappa shape index (κ3) is 6.03. The summed E-state index contributed by atoms with van der Waals surface area (Å²) in [5.74, 6) is 1.11. The van der Waals surface area contributed by atoms with E-state index in [4.69, 9.17) is 17.0 Å². The number of benzene rings is 1. The van der Waals surface area contributed by atoms with Crippen LogP contribution in [0.1, 0.15) is 40.2 Å². The number of aliphatic hydroxyl groups is 2. The van der Waals surface area contributed by atoms with Crippen LogP contribution in [0.4, 0.5) is 5.69 Å². The molecule has 0 aliphatic carbocycles. The number of fused-ring (bicyclic) bond motifs is 1. The Balaban J connectivity index is 2.76. The minimum Gasteiger partial charge on any atom is -0.507 e. The predicted octanol–water partition coefficient (Wildman–Crippen LogP) is 5.24. The lowest BCUT2D eigenvalue weighted by Crippen LogP contribution is -2.31. The summed E-state index contributed by atoms with van der Waals surface area (Å²) in [6, 6.07) is 6.20. The Morgan fingerprint density at radius 3 is 2.64 bits per heavy atom. The van der Waals surface area contributed by atoms with Crippen molar-refractivity contribution in [2.75, 3.05) is 25.2 Å². The van der Waals surface area contributed by atoms with Crippen molar-refractivity contribution in [2.45, 2.75) is 40.2 Å².